The van der Waals surface area contributed by atoms with Crippen molar-refractivity contribution in [2.75, 3.05) is 19.7 Å². The molecule has 0 spiro atoms. The Balaban J connectivity index is 2.04. The molecule has 0 unspecified atom stereocenters. The van der Waals surface area contributed by atoms with Crippen LogP contribution in [0.3, 0.4) is 0 Å². The minimum absolute atomic E-state index is 0.209. The summed E-state index contributed by atoms with van der Waals surface area (Å²) in [6, 6.07) is 18.2. The van der Waals surface area contributed by atoms with Crippen molar-refractivity contribution in [3.63, 3.8) is 0 Å². The van der Waals surface area contributed by atoms with Crippen LogP contribution in [-0.4, -0.2) is 42.1 Å². The normalized spacial score (nSPS) is 15.0. The molecule has 0 radical (unpaired) electrons. The summed E-state index contributed by atoms with van der Waals surface area (Å²) in [4.78, 5) is 0. The van der Waals surface area contributed by atoms with Gasteiger partial charge in [0, 0.05) is 13.1 Å². The molecule has 2 rings (SSSR count). The topological polar surface area (TPSA) is 61.7 Å². The monoisotopic (exact) mass is 329 g/mol. The smallest absolute Gasteiger partial charge is 0.108 e. The third kappa shape index (κ3) is 5.73. The fraction of sp³-hybridized carbons (Fsp3) is 0.400. The number of aliphatic hydroxyl groups excluding tert-OH is 2. The van der Waals surface area contributed by atoms with Gasteiger partial charge in [0.25, 0.3) is 0 Å². The lowest BCUT2D eigenvalue weighted by Crippen LogP contribution is -2.34. The van der Waals surface area contributed by atoms with Gasteiger partial charge in [0.2, 0.25) is 0 Å². The van der Waals surface area contributed by atoms with E-state index in [-0.39, 0.29) is 12.7 Å². The predicted octanol–water partition coefficient (Wildman–Crippen LogP) is 2.43. The fourth-order valence-corrected chi connectivity index (χ4v) is 2.60. The largest absolute Gasteiger partial charge is 0.392 e. The van der Waals surface area contributed by atoms with Gasteiger partial charge in [0.15, 0.2) is 0 Å². The summed E-state index contributed by atoms with van der Waals surface area (Å²) in [5.41, 5.74) is 3.33. The summed E-state index contributed by atoms with van der Waals surface area (Å²) < 4.78 is 6.06. The standard InChI is InChI=1S/C20H27NO3/c1-15-8-6-7-11-19(15)20(17-9-4-3-5-10-17)24-14-18(23)13-21-12-16(2)22/h3-11,16,18,20-23H,12-14H2,1-2H3/t16-,18-,20+/m1/s1. The van der Waals surface area contributed by atoms with Crippen LogP contribution in [0.2, 0.25) is 0 Å². The fourth-order valence-electron chi connectivity index (χ4n) is 2.60. The lowest BCUT2D eigenvalue weighted by molar-refractivity contribution is 0.00556. The van der Waals surface area contributed by atoms with E-state index in [0.717, 1.165) is 16.7 Å². The van der Waals surface area contributed by atoms with Gasteiger partial charge in [0.1, 0.15) is 6.10 Å². The number of aryl methyl sites for hydroxylation is 1. The van der Waals surface area contributed by atoms with E-state index in [1.54, 1.807) is 6.92 Å². The highest BCUT2D eigenvalue weighted by molar-refractivity contribution is 5.35. The average molecular weight is 329 g/mol. The molecule has 0 saturated heterocycles. The van der Waals surface area contributed by atoms with E-state index in [9.17, 15) is 10.2 Å². The molecule has 3 N–H and O–H groups in total. The summed E-state index contributed by atoms with van der Waals surface area (Å²) in [5.74, 6) is 0. The minimum atomic E-state index is -0.626. The molecule has 130 valence electrons. The van der Waals surface area contributed by atoms with Crippen molar-refractivity contribution < 1.29 is 14.9 Å². The first-order valence-corrected chi connectivity index (χ1v) is 8.37. The minimum Gasteiger partial charge on any atom is -0.392 e. The van der Waals surface area contributed by atoms with Crippen LogP contribution in [0, 0.1) is 6.92 Å². The number of aliphatic hydroxyl groups is 2. The molecule has 0 aliphatic heterocycles. The molecule has 24 heavy (non-hydrogen) atoms. The number of rotatable bonds is 9. The van der Waals surface area contributed by atoms with Crippen LogP contribution in [0.1, 0.15) is 29.7 Å². The molecule has 0 aliphatic rings. The Kier molecular flexibility index (Phi) is 7.40. The van der Waals surface area contributed by atoms with Gasteiger partial charge in [0.05, 0.1) is 18.8 Å². The maximum Gasteiger partial charge on any atom is 0.108 e. The van der Waals surface area contributed by atoms with E-state index in [4.69, 9.17) is 4.74 Å². The highest BCUT2D eigenvalue weighted by Gasteiger charge is 2.18. The zero-order valence-electron chi connectivity index (χ0n) is 14.4. The molecule has 4 nitrogen and oxygen atoms in total. The van der Waals surface area contributed by atoms with Crippen molar-refractivity contribution in [1.82, 2.24) is 5.32 Å². The summed E-state index contributed by atoms with van der Waals surface area (Å²) in [6.07, 6.45) is -1.26. The van der Waals surface area contributed by atoms with Crippen LogP contribution in [0.4, 0.5) is 0 Å². The first kappa shape index (κ1) is 18.6. The van der Waals surface area contributed by atoms with Crippen LogP contribution in [0.15, 0.2) is 54.6 Å². The van der Waals surface area contributed by atoms with Gasteiger partial charge in [-0.3, -0.25) is 0 Å². The maximum absolute atomic E-state index is 10.1. The summed E-state index contributed by atoms with van der Waals surface area (Å²) >= 11 is 0. The number of nitrogens with one attached hydrogen (secondary N) is 1. The van der Waals surface area contributed by atoms with E-state index in [2.05, 4.69) is 24.4 Å². The molecular weight excluding hydrogens is 302 g/mol. The first-order valence-electron chi connectivity index (χ1n) is 8.37. The van der Waals surface area contributed by atoms with Gasteiger partial charge in [-0.25, -0.2) is 0 Å². The molecule has 0 saturated carbocycles. The quantitative estimate of drug-likeness (QED) is 0.661. The van der Waals surface area contributed by atoms with Gasteiger partial charge < -0.3 is 20.3 Å². The van der Waals surface area contributed by atoms with Crippen molar-refractivity contribution in [3.05, 3.63) is 71.3 Å². The van der Waals surface area contributed by atoms with Crippen molar-refractivity contribution in [3.8, 4) is 0 Å². The molecule has 0 bridgehead atoms. The Morgan fingerprint density at radius 2 is 1.62 bits per heavy atom. The third-order valence-electron chi connectivity index (χ3n) is 3.85. The Bertz CT molecular complexity index is 601. The lowest BCUT2D eigenvalue weighted by atomic mass is 9.97. The average Bonchev–Trinajstić information content (AvgIpc) is 2.57. The molecule has 3 atom stereocenters. The Labute approximate surface area is 144 Å². The molecule has 2 aromatic carbocycles. The van der Waals surface area contributed by atoms with Crippen molar-refractivity contribution >= 4 is 0 Å². The number of ether oxygens (including phenoxy) is 1. The third-order valence-corrected chi connectivity index (χ3v) is 3.85. The Morgan fingerprint density at radius 3 is 2.29 bits per heavy atom. The molecule has 0 heterocycles. The van der Waals surface area contributed by atoms with Crippen molar-refractivity contribution in [2.45, 2.75) is 32.2 Å². The van der Waals surface area contributed by atoms with Crippen LogP contribution >= 0.6 is 0 Å². The second-order valence-corrected chi connectivity index (χ2v) is 6.14. The van der Waals surface area contributed by atoms with Crippen molar-refractivity contribution in [1.29, 1.82) is 0 Å². The highest BCUT2D eigenvalue weighted by Crippen LogP contribution is 2.28. The van der Waals surface area contributed by atoms with Gasteiger partial charge in [-0.05, 0) is 30.5 Å². The zero-order chi connectivity index (χ0) is 17.4. The molecule has 0 aromatic heterocycles. The van der Waals surface area contributed by atoms with Crippen LogP contribution < -0.4 is 5.32 Å². The summed E-state index contributed by atoms with van der Waals surface area (Å²) in [5, 5.41) is 22.4. The zero-order valence-corrected chi connectivity index (χ0v) is 14.4. The molecular formula is C20H27NO3. The number of hydrogen-bond acceptors (Lipinski definition) is 4. The molecule has 0 amide bonds. The maximum atomic E-state index is 10.1. The van der Waals surface area contributed by atoms with Crippen LogP contribution in [0.5, 0.6) is 0 Å². The second-order valence-electron chi connectivity index (χ2n) is 6.14. The SMILES string of the molecule is Cc1ccccc1[C@@H](OC[C@H](O)CNC[C@@H](C)O)c1ccccc1. The molecule has 0 aliphatic carbocycles. The lowest BCUT2D eigenvalue weighted by Gasteiger charge is -2.23. The van der Waals surface area contributed by atoms with Gasteiger partial charge in [-0.15, -0.1) is 0 Å². The molecule has 0 fully saturated rings. The molecule has 2 aromatic rings. The van der Waals surface area contributed by atoms with E-state index >= 15 is 0 Å². The van der Waals surface area contributed by atoms with Gasteiger partial charge in [-0.1, -0.05) is 54.6 Å². The molecule has 4 heteroatoms. The van der Waals surface area contributed by atoms with Gasteiger partial charge in [-0.2, -0.15) is 0 Å². The highest BCUT2D eigenvalue weighted by atomic mass is 16.5. The predicted molar refractivity (Wildman–Crippen MR) is 96.0 cm³/mol. The van der Waals surface area contributed by atoms with Gasteiger partial charge >= 0.3 is 0 Å². The van der Waals surface area contributed by atoms with E-state index in [1.165, 1.54) is 0 Å². The van der Waals surface area contributed by atoms with E-state index in [0.29, 0.717) is 13.1 Å². The van der Waals surface area contributed by atoms with Crippen LogP contribution in [0.25, 0.3) is 0 Å². The second kappa shape index (κ2) is 9.55. The van der Waals surface area contributed by atoms with E-state index < -0.39 is 12.2 Å². The number of hydrogen-bond donors (Lipinski definition) is 3. The first-order chi connectivity index (χ1) is 11.6. The number of benzene rings is 2. The van der Waals surface area contributed by atoms with Crippen molar-refractivity contribution in [2.24, 2.45) is 0 Å². The summed E-state index contributed by atoms with van der Waals surface area (Å²) in [6.45, 7) is 4.84. The van der Waals surface area contributed by atoms with E-state index in [1.807, 2.05) is 42.5 Å². The Morgan fingerprint density at radius 1 is 0.958 bits per heavy atom. The van der Waals surface area contributed by atoms with Crippen LogP contribution in [-0.2, 0) is 4.74 Å². The Hall–Kier alpha value is -1.72. The summed E-state index contributed by atoms with van der Waals surface area (Å²) in [7, 11) is 0.